The van der Waals surface area contributed by atoms with Gasteiger partial charge in [-0.05, 0) is 32.4 Å². The lowest BCUT2D eigenvalue weighted by molar-refractivity contribution is -0.121. The fourth-order valence-corrected chi connectivity index (χ4v) is 2.26. The molecule has 0 saturated heterocycles. The molecule has 5 nitrogen and oxygen atoms in total. The van der Waals surface area contributed by atoms with E-state index in [1.165, 1.54) is 0 Å². The molecule has 0 spiro atoms. The zero-order valence-corrected chi connectivity index (χ0v) is 12.7. The van der Waals surface area contributed by atoms with Crippen LogP contribution in [-0.4, -0.2) is 15.5 Å². The summed E-state index contributed by atoms with van der Waals surface area (Å²) in [5, 5.41) is 2.85. The zero-order valence-electron chi connectivity index (χ0n) is 12.7. The van der Waals surface area contributed by atoms with Gasteiger partial charge in [0.05, 0.1) is 6.54 Å². The smallest absolute Gasteiger partial charge is 0.220 e. The first-order valence-electron chi connectivity index (χ1n) is 7.03. The minimum Gasteiger partial charge on any atom is -0.363 e. The van der Waals surface area contributed by atoms with Gasteiger partial charge in [0.2, 0.25) is 5.91 Å². The summed E-state index contributed by atoms with van der Waals surface area (Å²) in [4.78, 5) is 26.8. The van der Waals surface area contributed by atoms with Gasteiger partial charge in [0, 0.05) is 48.4 Å². The summed E-state index contributed by atoms with van der Waals surface area (Å²) in [6, 6.07) is 3.97. The topological polar surface area (TPSA) is 66.9 Å². The maximum Gasteiger partial charge on any atom is 0.220 e. The average Bonchev–Trinajstić information content (AvgIpc) is 2.87. The van der Waals surface area contributed by atoms with Crippen molar-refractivity contribution in [3.8, 4) is 0 Å². The Morgan fingerprint density at radius 3 is 2.81 bits per heavy atom. The number of pyridine rings is 1. The van der Waals surface area contributed by atoms with Crippen molar-refractivity contribution >= 4 is 5.91 Å². The van der Waals surface area contributed by atoms with Crippen LogP contribution in [0.5, 0.6) is 0 Å². The number of H-pyrrole nitrogens is 1. The maximum absolute atomic E-state index is 11.9. The van der Waals surface area contributed by atoms with E-state index in [0.717, 1.165) is 11.4 Å². The van der Waals surface area contributed by atoms with Crippen molar-refractivity contribution in [3.63, 3.8) is 0 Å². The highest BCUT2D eigenvalue weighted by Crippen LogP contribution is 2.04. The SMILES string of the molecule is Cc1c[nH]c(CNC(=O)CCc2cccn2C)c(C)c1=O. The number of nitrogens with zero attached hydrogens (tertiary/aromatic N) is 1. The number of aromatic nitrogens is 2. The molecular formula is C16H21N3O2. The van der Waals surface area contributed by atoms with Crippen LogP contribution in [0.4, 0.5) is 0 Å². The van der Waals surface area contributed by atoms with Gasteiger partial charge in [0.15, 0.2) is 5.43 Å². The van der Waals surface area contributed by atoms with Crippen molar-refractivity contribution in [1.82, 2.24) is 14.9 Å². The van der Waals surface area contributed by atoms with E-state index in [1.54, 1.807) is 20.0 Å². The Kier molecular flexibility index (Phi) is 4.62. The third-order valence-corrected chi connectivity index (χ3v) is 3.74. The van der Waals surface area contributed by atoms with Gasteiger partial charge in [-0.25, -0.2) is 0 Å². The van der Waals surface area contributed by atoms with Crippen molar-refractivity contribution in [2.24, 2.45) is 7.05 Å². The molecule has 0 aromatic carbocycles. The molecule has 2 aromatic heterocycles. The van der Waals surface area contributed by atoms with Crippen LogP contribution >= 0.6 is 0 Å². The fraction of sp³-hybridized carbons (Fsp3) is 0.375. The van der Waals surface area contributed by atoms with Crippen molar-refractivity contribution in [3.05, 3.63) is 57.3 Å². The number of hydrogen-bond donors (Lipinski definition) is 2. The Hall–Kier alpha value is -2.30. The molecule has 0 aliphatic rings. The zero-order chi connectivity index (χ0) is 15.4. The predicted octanol–water partition coefficient (Wildman–Crippen LogP) is 1.58. The van der Waals surface area contributed by atoms with E-state index in [1.807, 2.05) is 29.9 Å². The first-order chi connectivity index (χ1) is 9.99. The third-order valence-electron chi connectivity index (χ3n) is 3.74. The number of hydrogen-bond acceptors (Lipinski definition) is 2. The van der Waals surface area contributed by atoms with Crippen LogP contribution < -0.4 is 10.7 Å². The lowest BCUT2D eigenvalue weighted by Gasteiger charge is -2.09. The molecular weight excluding hydrogens is 266 g/mol. The van der Waals surface area contributed by atoms with Crippen LogP contribution in [0.15, 0.2) is 29.3 Å². The predicted molar refractivity (Wildman–Crippen MR) is 82.1 cm³/mol. The highest BCUT2D eigenvalue weighted by atomic mass is 16.1. The van der Waals surface area contributed by atoms with Gasteiger partial charge in [0.25, 0.3) is 0 Å². The molecule has 2 rings (SSSR count). The summed E-state index contributed by atoms with van der Waals surface area (Å²) in [5.74, 6) is -0.0166. The minimum absolute atomic E-state index is 0.0166. The second kappa shape index (κ2) is 6.43. The molecule has 2 heterocycles. The molecule has 1 amide bonds. The number of carbonyl (C=O) groups is 1. The van der Waals surface area contributed by atoms with Gasteiger partial charge in [-0.15, -0.1) is 0 Å². The molecule has 0 radical (unpaired) electrons. The molecule has 2 N–H and O–H groups in total. The average molecular weight is 287 g/mol. The van der Waals surface area contributed by atoms with Crippen LogP contribution in [0.2, 0.25) is 0 Å². The Morgan fingerprint density at radius 2 is 2.14 bits per heavy atom. The summed E-state index contributed by atoms with van der Waals surface area (Å²) < 4.78 is 2.01. The molecule has 0 saturated carbocycles. The molecule has 0 aliphatic carbocycles. The Labute approximate surface area is 124 Å². The molecule has 5 heteroatoms. The quantitative estimate of drug-likeness (QED) is 0.876. The number of rotatable bonds is 5. The third kappa shape index (κ3) is 3.62. The number of carbonyl (C=O) groups excluding carboxylic acids is 1. The normalized spacial score (nSPS) is 10.6. The van der Waals surface area contributed by atoms with E-state index in [-0.39, 0.29) is 11.3 Å². The largest absolute Gasteiger partial charge is 0.363 e. The Morgan fingerprint density at radius 1 is 1.38 bits per heavy atom. The Bertz CT molecular complexity index is 698. The molecule has 0 unspecified atom stereocenters. The van der Waals surface area contributed by atoms with Crippen LogP contribution in [-0.2, 0) is 24.8 Å². The lowest BCUT2D eigenvalue weighted by Crippen LogP contribution is -2.26. The standard InChI is InChI=1S/C16H21N3O2/c1-11-9-17-14(12(2)16(11)21)10-18-15(20)7-6-13-5-4-8-19(13)3/h4-5,8-9H,6-7,10H2,1-3H3,(H,17,21)(H,18,20). The summed E-state index contributed by atoms with van der Waals surface area (Å²) in [7, 11) is 1.97. The Balaban J connectivity index is 1.88. The summed E-state index contributed by atoms with van der Waals surface area (Å²) in [6.45, 7) is 3.90. The van der Waals surface area contributed by atoms with Gasteiger partial charge >= 0.3 is 0 Å². The van der Waals surface area contributed by atoms with E-state index in [4.69, 9.17) is 0 Å². The van der Waals surface area contributed by atoms with Crippen molar-refractivity contribution < 1.29 is 4.79 Å². The molecule has 0 aliphatic heterocycles. The molecule has 0 bridgehead atoms. The van der Waals surface area contributed by atoms with Gasteiger partial charge in [-0.2, -0.15) is 0 Å². The van der Waals surface area contributed by atoms with E-state index in [0.29, 0.717) is 30.5 Å². The van der Waals surface area contributed by atoms with Crippen molar-refractivity contribution in [2.75, 3.05) is 0 Å². The van der Waals surface area contributed by atoms with Crippen LogP contribution in [0.25, 0.3) is 0 Å². The van der Waals surface area contributed by atoms with Crippen molar-refractivity contribution in [1.29, 1.82) is 0 Å². The number of amides is 1. The highest BCUT2D eigenvalue weighted by molar-refractivity contribution is 5.76. The van der Waals surface area contributed by atoms with E-state index in [9.17, 15) is 9.59 Å². The number of aryl methyl sites for hydroxylation is 3. The second-order valence-electron chi connectivity index (χ2n) is 5.29. The number of aromatic amines is 1. The fourth-order valence-electron chi connectivity index (χ4n) is 2.26. The maximum atomic E-state index is 11.9. The van der Waals surface area contributed by atoms with Gasteiger partial charge < -0.3 is 14.9 Å². The summed E-state index contributed by atoms with van der Waals surface area (Å²) in [5.41, 5.74) is 3.27. The monoisotopic (exact) mass is 287 g/mol. The highest BCUT2D eigenvalue weighted by Gasteiger charge is 2.08. The van der Waals surface area contributed by atoms with E-state index < -0.39 is 0 Å². The van der Waals surface area contributed by atoms with Crippen LogP contribution in [0, 0.1) is 13.8 Å². The molecule has 0 atom stereocenters. The summed E-state index contributed by atoms with van der Waals surface area (Å²) in [6.07, 6.45) is 4.79. The van der Waals surface area contributed by atoms with E-state index >= 15 is 0 Å². The van der Waals surface area contributed by atoms with Crippen LogP contribution in [0.3, 0.4) is 0 Å². The van der Waals surface area contributed by atoms with Gasteiger partial charge in [-0.1, -0.05) is 0 Å². The van der Waals surface area contributed by atoms with E-state index in [2.05, 4.69) is 10.3 Å². The first kappa shape index (κ1) is 15.1. The molecule has 0 fully saturated rings. The first-order valence-corrected chi connectivity index (χ1v) is 7.03. The molecule has 21 heavy (non-hydrogen) atoms. The lowest BCUT2D eigenvalue weighted by atomic mass is 10.1. The van der Waals surface area contributed by atoms with Crippen molar-refractivity contribution in [2.45, 2.75) is 33.2 Å². The summed E-state index contributed by atoms with van der Waals surface area (Å²) >= 11 is 0. The number of nitrogens with one attached hydrogen (secondary N) is 2. The molecule has 2 aromatic rings. The van der Waals surface area contributed by atoms with Gasteiger partial charge in [0.1, 0.15) is 0 Å². The van der Waals surface area contributed by atoms with Gasteiger partial charge in [-0.3, -0.25) is 9.59 Å². The second-order valence-corrected chi connectivity index (χ2v) is 5.29. The minimum atomic E-state index is -0.0166. The molecule has 112 valence electrons. The van der Waals surface area contributed by atoms with Crippen LogP contribution in [0.1, 0.15) is 28.9 Å².